The summed E-state index contributed by atoms with van der Waals surface area (Å²) in [5.74, 6) is 0.992. The molecule has 3 rings (SSSR count). The van der Waals surface area contributed by atoms with E-state index in [1.807, 2.05) is 19.1 Å². The molecule has 0 fully saturated rings. The minimum Gasteiger partial charge on any atom is -0.461 e. The van der Waals surface area contributed by atoms with E-state index >= 15 is 0 Å². The minimum atomic E-state index is 0.297. The van der Waals surface area contributed by atoms with Gasteiger partial charge in [-0.25, -0.2) is 0 Å². The lowest BCUT2D eigenvalue weighted by Crippen LogP contribution is -2.18. The van der Waals surface area contributed by atoms with Crippen molar-refractivity contribution in [2.75, 3.05) is 0 Å². The molecule has 0 saturated heterocycles. The molecule has 0 bridgehead atoms. The highest BCUT2D eigenvalue weighted by Crippen LogP contribution is 2.26. The Hall–Kier alpha value is -1.58. The lowest BCUT2D eigenvalue weighted by molar-refractivity contribution is 0.544. The summed E-state index contributed by atoms with van der Waals surface area (Å²) >= 11 is 3.47. The fourth-order valence-corrected chi connectivity index (χ4v) is 2.83. The molecule has 21 heavy (non-hydrogen) atoms. The van der Waals surface area contributed by atoms with Crippen LogP contribution in [0.5, 0.6) is 0 Å². The molecule has 0 aliphatic carbocycles. The number of halogens is 1. The molecule has 0 amide bonds. The number of aryl methyl sites for hydroxylation is 1. The second-order valence-corrected chi connectivity index (χ2v) is 6.20. The topological polar surface area (TPSA) is 25.2 Å². The Morgan fingerprint density at radius 3 is 2.57 bits per heavy atom. The summed E-state index contributed by atoms with van der Waals surface area (Å²) in [7, 11) is 0. The molecule has 1 unspecified atom stereocenters. The molecule has 0 spiro atoms. The van der Waals surface area contributed by atoms with Gasteiger partial charge in [0, 0.05) is 28.0 Å². The van der Waals surface area contributed by atoms with Gasteiger partial charge in [-0.1, -0.05) is 46.3 Å². The average molecular weight is 344 g/mol. The summed E-state index contributed by atoms with van der Waals surface area (Å²) in [5, 5.41) is 4.78. The third-order valence-corrected chi connectivity index (χ3v) is 4.38. The number of hydrogen-bond acceptors (Lipinski definition) is 2. The van der Waals surface area contributed by atoms with E-state index in [4.69, 9.17) is 4.42 Å². The predicted molar refractivity (Wildman–Crippen MR) is 90.3 cm³/mol. The summed E-state index contributed by atoms with van der Waals surface area (Å²) in [5.41, 5.74) is 3.49. The van der Waals surface area contributed by atoms with Crippen LogP contribution in [0.3, 0.4) is 0 Å². The molecule has 0 aliphatic rings. The third kappa shape index (κ3) is 3.04. The molecule has 1 heterocycles. The highest BCUT2D eigenvalue weighted by atomic mass is 79.9. The highest BCUT2D eigenvalue weighted by molar-refractivity contribution is 9.10. The molecule has 2 aromatic carbocycles. The summed E-state index contributed by atoms with van der Waals surface area (Å²) in [6.45, 7) is 5.02. The van der Waals surface area contributed by atoms with Crippen LogP contribution in [0.15, 0.2) is 57.4 Å². The fraction of sp³-hybridized carbons (Fsp3) is 0.222. The van der Waals surface area contributed by atoms with Crippen molar-refractivity contribution >= 4 is 26.9 Å². The molecule has 0 aliphatic heterocycles. The number of fused-ring (bicyclic) bond motifs is 1. The molecule has 1 aromatic heterocycles. The van der Waals surface area contributed by atoms with E-state index < -0.39 is 0 Å². The monoisotopic (exact) mass is 343 g/mol. The Bertz CT molecular complexity index is 746. The lowest BCUT2D eigenvalue weighted by atomic mass is 10.1. The van der Waals surface area contributed by atoms with Crippen molar-refractivity contribution < 1.29 is 4.42 Å². The molecule has 3 heteroatoms. The van der Waals surface area contributed by atoms with Crippen LogP contribution in [0.2, 0.25) is 0 Å². The zero-order chi connectivity index (χ0) is 14.8. The summed E-state index contributed by atoms with van der Waals surface area (Å²) < 4.78 is 6.91. The molecule has 0 saturated carbocycles. The van der Waals surface area contributed by atoms with E-state index in [9.17, 15) is 0 Å². The van der Waals surface area contributed by atoms with Gasteiger partial charge in [0.2, 0.25) is 0 Å². The van der Waals surface area contributed by atoms with Crippen LogP contribution in [-0.4, -0.2) is 0 Å². The van der Waals surface area contributed by atoms with Crippen LogP contribution in [0.1, 0.15) is 29.9 Å². The fourth-order valence-electron chi connectivity index (χ4n) is 2.57. The van der Waals surface area contributed by atoms with E-state index in [0.717, 1.165) is 22.4 Å². The van der Waals surface area contributed by atoms with Gasteiger partial charge in [0.05, 0.1) is 0 Å². The smallest absolute Gasteiger partial charge is 0.134 e. The van der Waals surface area contributed by atoms with Crippen LogP contribution >= 0.6 is 15.9 Å². The van der Waals surface area contributed by atoms with Gasteiger partial charge in [0.1, 0.15) is 11.3 Å². The zero-order valence-electron chi connectivity index (χ0n) is 12.2. The molecular formula is C18H18BrNO. The van der Waals surface area contributed by atoms with Crippen molar-refractivity contribution in [1.29, 1.82) is 0 Å². The van der Waals surface area contributed by atoms with E-state index in [-0.39, 0.29) is 0 Å². The van der Waals surface area contributed by atoms with Gasteiger partial charge in [0.25, 0.3) is 0 Å². The first-order chi connectivity index (χ1) is 10.1. The van der Waals surface area contributed by atoms with Crippen molar-refractivity contribution in [2.24, 2.45) is 0 Å². The van der Waals surface area contributed by atoms with E-state index in [0.29, 0.717) is 6.04 Å². The second-order valence-electron chi connectivity index (χ2n) is 5.29. The van der Waals surface area contributed by atoms with Crippen molar-refractivity contribution in [3.8, 4) is 0 Å². The molecule has 0 radical (unpaired) electrons. The molecular weight excluding hydrogens is 326 g/mol. The first-order valence-corrected chi connectivity index (χ1v) is 7.90. The highest BCUT2D eigenvalue weighted by Gasteiger charge is 2.12. The molecule has 3 aromatic rings. The summed E-state index contributed by atoms with van der Waals surface area (Å²) in [6.07, 6.45) is 0. The van der Waals surface area contributed by atoms with E-state index in [1.165, 1.54) is 16.5 Å². The SMILES string of the molecule is Cc1oc2ccccc2c1CNC(C)c1ccc(Br)cc1. The van der Waals surface area contributed by atoms with Crippen molar-refractivity contribution in [1.82, 2.24) is 5.32 Å². The van der Waals surface area contributed by atoms with Crippen LogP contribution in [0.4, 0.5) is 0 Å². The Balaban J connectivity index is 1.77. The van der Waals surface area contributed by atoms with Crippen molar-refractivity contribution in [2.45, 2.75) is 26.4 Å². The normalized spacial score (nSPS) is 12.7. The van der Waals surface area contributed by atoms with Crippen LogP contribution in [0, 0.1) is 6.92 Å². The number of benzene rings is 2. The molecule has 108 valence electrons. The maximum atomic E-state index is 5.81. The zero-order valence-corrected chi connectivity index (χ0v) is 13.8. The van der Waals surface area contributed by atoms with Gasteiger partial charge in [-0.05, 0) is 37.6 Å². The van der Waals surface area contributed by atoms with Crippen LogP contribution < -0.4 is 5.32 Å². The van der Waals surface area contributed by atoms with Gasteiger partial charge in [0.15, 0.2) is 0 Å². The second kappa shape index (κ2) is 6.04. The Morgan fingerprint density at radius 1 is 1.10 bits per heavy atom. The largest absolute Gasteiger partial charge is 0.461 e. The Kier molecular flexibility index (Phi) is 4.13. The minimum absolute atomic E-state index is 0.297. The van der Waals surface area contributed by atoms with Gasteiger partial charge in [-0.3, -0.25) is 0 Å². The number of furan rings is 1. The van der Waals surface area contributed by atoms with Crippen molar-refractivity contribution in [3.05, 3.63) is 69.9 Å². The van der Waals surface area contributed by atoms with Crippen molar-refractivity contribution in [3.63, 3.8) is 0 Å². The summed E-state index contributed by atoms with van der Waals surface area (Å²) in [6, 6.07) is 16.9. The van der Waals surface area contributed by atoms with E-state index in [1.54, 1.807) is 0 Å². The average Bonchev–Trinajstić information content (AvgIpc) is 2.81. The van der Waals surface area contributed by atoms with Crippen LogP contribution in [0.25, 0.3) is 11.0 Å². The maximum absolute atomic E-state index is 5.81. The first kappa shape index (κ1) is 14.4. The molecule has 1 N–H and O–H groups in total. The standard InChI is InChI=1S/C18H18BrNO/c1-12(14-7-9-15(19)10-8-14)20-11-17-13(2)21-18-6-4-3-5-16(17)18/h3-10,12,20H,11H2,1-2H3. The summed E-state index contributed by atoms with van der Waals surface area (Å²) in [4.78, 5) is 0. The maximum Gasteiger partial charge on any atom is 0.134 e. The molecule has 1 atom stereocenters. The van der Waals surface area contributed by atoms with Gasteiger partial charge in [-0.15, -0.1) is 0 Å². The van der Waals surface area contributed by atoms with Gasteiger partial charge >= 0.3 is 0 Å². The van der Waals surface area contributed by atoms with Crippen LogP contribution in [-0.2, 0) is 6.54 Å². The molecule has 2 nitrogen and oxygen atoms in total. The number of rotatable bonds is 4. The quantitative estimate of drug-likeness (QED) is 0.690. The number of nitrogens with one attached hydrogen (secondary N) is 1. The Labute approximate surface area is 133 Å². The van der Waals surface area contributed by atoms with E-state index in [2.05, 4.69) is 64.6 Å². The first-order valence-electron chi connectivity index (χ1n) is 7.11. The van der Waals surface area contributed by atoms with Gasteiger partial charge in [-0.2, -0.15) is 0 Å². The number of para-hydroxylation sites is 1. The lowest BCUT2D eigenvalue weighted by Gasteiger charge is -2.14. The number of hydrogen-bond donors (Lipinski definition) is 1. The predicted octanol–water partition coefficient (Wildman–Crippen LogP) is 5.35. The van der Waals surface area contributed by atoms with Gasteiger partial charge < -0.3 is 9.73 Å². The third-order valence-electron chi connectivity index (χ3n) is 3.86. The Morgan fingerprint density at radius 2 is 1.81 bits per heavy atom.